The molecule has 0 atom stereocenters. The molecule has 0 unspecified atom stereocenters. The monoisotopic (exact) mass is 247 g/mol. The maximum atomic E-state index is 11.6. The minimum absolute atomic E-state index is 0.338. The Hall–Kier alpha value is -0.420. The van der Waals surface area contributed by atoms with E-state index in [9.17, 15) is 8.42 Å². The van der Waals surface area contributed by atoms with Gasteiger partial charge >= 0.3 is 0 Å². The smallest absolute Gasteiger partial charge is 0.159 e. The molecule has 0 saturated carbocycles. The molecule has 0 fully saturated rings. The molecule has 5 heteroatoms. The lowest BCUT2D eigenvalue weighted by Crippen LogP contribution is -2.27. The van der Waals surface area contributed by atoms with E-state index in [2.05, 4.69) is 4.98 Å². The van der Waals surface area contributed by atoms with Crippen LogP contribution in [0.5, 0.6) is 0 Å². The lowest BCUT2D eigenvalue weighted by Gasteiger charge is -2.19. The molecule has 0 N–H and O–H groups in total. The fourth-order valence-corrected chi connectivity index (χ4v) is 2.95. The van der Waals surface area contributed by atoms with Crippen LogP contribution in [0.3, 0.4) is 0 Å². The molecular weight excluding hydrogens is 230 g/mol. The number of aromatic nitrogens is 1. The topological polar surface area (TPSA) is 47.0 Å². The molecule has 1 aromatic heterocycles. The van der Waals surface area contributed by atoms with Crippen molar-refractivity contribution in [2.45, 2.75) is 38.4 Å². The first-order chi connectivity index (χ1) is 6.66. The van der Waals surface area contributed by atoms with E-state index in [1.165, 1.54) is 17.6 Å². The van der Waals surface area contributed by atoms with Gasteiger partial charge in [0.25, 0.3) is 0 Å². The van der Waals surface area contributed by atoms with E-state index in [4.69, 9.17) is 0 Å². The Morgan fingerprint density at radius 1 is 1.40 bits per heavy atom. The third-order valence-electron chi connectivity index (χ3n) is 2.56. The van der Waals surface area contributed by atoms with E-state index in [1.807, 2.05) is 19.2 Å². The van der Waals surface area contributed by atoms with Crippen LogP contribution < -0.4 is 0 Å². The molecule has 0 amide bonds. The maximum Gasteiger partial charge on any atom is 0.159 e. The van der Waals surface area contributed by atoms with Gasteiger partial charge < -0.3 is 0 Å². The second kappa shape index (κ2) is 3.87. The van der Waals surface area contributed by atoms with Gasteiger partial charge in [-0.15, -0.1) is 11.3 Å². The summed E-state index contributed by atoms with van der Waals surface area (Å²) in [6.45, 7) is 7.50. The minimum Gasteiger partial charge on any atom is -0.244 e. The van der Waals surface area contributed by atoms with Crippen molar-refractivity contribution in [1.29, 1.82) is 0 Å². The van der Waals surface area contributed by atoms with Gasteiger partial charge in [0.1, 0.15) is 9.75 Å². The fourth-order valence-electron chi connectivity index (χ4n) is 0.986. The molecule has 15 heavy (non-hydrogen) atoms. The molecular formula is C10H17NO2S2. The van der Waals surface area contributed by atoms with E-state index < -0.39 is 14.6 Å². The van der Waals surface area contributed by atoms with E-state index >= 15 is 0 Å². The number of sulfone groups is 1. The number of thiazole rings is 1. The van der Waals surface area contributed by atoms with Crippen molar-refractivity contribution in [2.75, 3.05) is 6.26 Å². The van der Waals surface area contributed by atoms with Gasteiger partial charge in [-0.1, -0.05) is 13.8 Å². The summed E-state index contributed by atoms with van der Waals surface area (Å²) in [6.07, 6.45) is 1.25. The molecule has 0 bridgehead atoms. The van der Waals surface area contributed by atoms with Crippen molar-refractivity contribution in [3.05, 3.63) is 16.1 Å². The quantitative estimate of drug-likeness (QED) is 0.824. The van der Waals surface area contributed by atoms with Crippen molar-refractivity contribution >= 4 is 21.2 Å². The average Bonchev–Trinajstić information content (AvgIpc) is 2.49. The first-order valence-corrected chi connectivity index (χ1v) is 7.59. The summed E-state index contributed by atoms with van der Waals surface area (Å²) in [5, 5.41) is 2.61. The Morgan fingerprint density at radius 3 is 2.27 bits per heavy atom. The van der Waals surface area contributed by atoms with Crippen molar-refractivity contribution in [3.8, 4) is 0 Å². The Morgan fingerprint density at radius 2 is 1.93 bits per heavy atom. The number of rotatable bonds is 3. The molecule has 0 saturated heterocycles. The lowest BCUT2D eigenvalue weighted by molar-refractivity contribution is 0.559. The van der Waals surface area contributed by atoms with E-state index in [0.717, 1.165) is 5.69 Å². The molecule has 0 aliphatic rings. The summed E-state index contributed by atoms with van der Waals surface area (Å²) >= 11 is 1.42. The van der Waals surface area contributed by atoms with Gasteiger partial charge in [0.15, 0.2) is 9.84 Å². The van der Waals surface area contributed by atoms with Crippen LogP contribution in [0.25, 0.3) is 0 Å². The highest BCUT2D eigenvalue weighted by Gasteiger charge is 2.35. The summed E-state index contributed by atoms with van der Waals surface area (Å²) in [4.78, 5) is 4.39. The van der Waals surface area contributed by atoms with Crippen LogP contribution in [-0.2, 0) is 14.6 Å². The van der Waals surface area contributed by atoms with Crippen molar-refractivity contribution in [2.24, 2.45) is 0 Å². The van der Waals surface area contributed by atoms with Gasteiger partial charge in [-0.2, -0.15) is 0 Å². The zero-order valence-electron chi connectivity index (χ0n) is 9.73. The third-order valence-corrected chi connectivity index (χ3v) is 5.92. The predicted octanol–water partition coefficient (Wildman–Crippen LogP) is 2.55. The number of nitrogens with zero attached hydrogens (tertiary/aromatic N) is 1. The lowest BCUT2D eigenvalue weighted by atomic mass is 10.1. The van der Waals surface area contributed by atoms with Gasteiger partial charge in [-0.05, 0) is 19.8 Å². The molecule has 1 aromatic rings. The van der Waals surface area contributed by atoms with Gasteiger partial charge in [-0.3, -0.25) is 0 Å². The Labute approximate surface area is 95.5 Å². The fraction of sp³-hybridized carbons (Fsp3) is 0.700. The summed E-state index contributed by atoms with van der Waals surface area (Å²) in [5.41, 5.74) is 0.965. The largest absolute Gasteiger partial charge is 0.244 e. The molecule has 86 valence electrons. The van der Waals surface area contributed by atoms with Gasteiger partial charge in [-0.25, -0.2) is 13.4 Å². The molecule has 1 heterocycles. The van der Waals surface area contributed by atoms with Crippen LogP contribution in [0.1, 0.15) is 44.3 Å². The van der Waals surface area contributed by atoms with Crippen molar-refractivity contribution in [1.82, 2.24) is 4.98 Å². The number of hydrogen-bond acceptors (Lipinski definition) is 4. The standard InChI is InChI=1S/C10H17NO2S2/c1-7(2)8-6-14-9(11-8)10(3,4)15(5,12)13/h6-7H,1-5H3. The SMILES string of the molecule is CC(C)c1csc(C(C)(C)S(C)(=O)=O)n1. The summed E-state index contributed by atoms with van der Waals surface area (Å²) < 4.78 is 22.3. The third kappa shape index (κ3) is 2.39. The molecule has 0 aliphatic carbocycles. The molecule has 0 aromatic carbocycles. The Balaban J connectivity index is 3.17. The second-order valence-electron chi connectivity index (χ2n) is 4.51. The zero-order valence-corrected chi connectivity index (χ0v) is 11.4. The second-order valence-corrected chi connectivity index (χ2v) is 7.94. The van der Waals surface area contributed by atoms with E-state index in [0.29, 0.717) is 10.9 Å². The molecule has 1 rings (SSSR count). The van der Waals surface area contributed by atoms with Gasteiger partial charge in [0.05, 0.1) is 5.69 Å². The Bertz CT molecular complexity index is 444. The summed E-state index contributed by atoms with van der Waals surface area (Å²) in [7, 11) is -3.12. The van der Waals surface area contributed by atoms with Crippen LogP contribution in [0.2, 0.25) is 0 Å². The van der Waals surface area contributed by atoms with Crippen LogP contribution in [0.15, 0.2) is 5.38 Å². The normalized spacial score (nSPS) is 13.5. The highest BCUT2D eigenvalue weighted by atomic mass is 32.2. The average molecular weight is 247 g/mol. The summed E-state index contributed by atoms with van der Waals surface area (Å²) in [5.74, 6) is 0.338. The maximum absolute atomic E-state index is 11.6. The van der Waals surface area contributed by atoms with Crippen LogP contribution in [0.4, 0.5) is 0 Å². The molecule has 0 aliphatic heterocycles. The van der Waals surface area contributed by atoms with E-state index in [-0.39, 0.29) is 0 Å². The minimum atomic E-state index is -3.12. The first-order valence-electron chi connectivity index (χ1n) is 4.81. The molecule has 0 spiro atoms. The van der Waals surface area contributed by atoms with E-state index in [1.54, 1.807) is 13.8 Å². The summed E-state index contributed by atoms with van der Waals surface area (Å²) in [6, 6.07) is 0. The first kappa shape index (κ1) is 12.6. The zero-order chi connectivity index (χ0) is 11.9. The highest BCUT2D eigenvalue weighted by molar-refractivity contribution is 7.91. The molecule has 0 radical (unpaired) electrons. The number of hydrogen-bond donors (Lipinski definition) is 0. The van der Waals surface area contributed by atoms with Crippen molar-refractivity contribution < 1.29 is 8.42 Å². The van der Waals surface area contributed by atoms with Crippen LogP contribution in [0, 0.1) is 0 Å². The Kier molecular flexibility index (Phi) is 3.26. The molecule has 3 nitrogen and oxygen atoms in total. The van der Waals surface area contributed by atoms with Gasteiger partial charge in [0.2, 0.25) is 0 Å². The van der Waals surface area contributed by atoms with Gasteiger partial charge in [0, 0.05) is 11.6 Å². The van der Waals surface area contributed by atoms with Crippen LogP contribution in [-0.4, -0.2) is 19.7 Å². The van der Waals surface area contributed by atoms with Crippen molar-refractivity contribution in [3.63, 3.8) is 0 Å². The van der Waals surface area contributed by atoms with Crippen LogP contribution >= 0.6 is 11.3 Å². The predicted molar refractivity (Wildman–Crippen MR) is 64.1 cm³/mol. The highest BCUT2D eigenvalue weighted by Crippen LogP contribution is 2.32.